The van der Waals surface area contributed by atoms with Gasteiger partial charge < -0.3 is 29.5 Å². The average Bonchev–Trinajstić information content (AvgIpc) is 3.23. The maximum absolute atomic E-state index is 13.0. The van der Waals surface area contributed by atoms with Gasteiger partial charge >= 0.3 is 13.1 Å². The van der Waals surface area contributed by atoms with E-state index in [1.807, 2.05) is 32.0 Å². The highest BCUT2D eigenvalue weighted by Gasteiger charge is 2.32. The monoisotopic (exact) mass is 480 g/mol. The molecule has 10 heteroatoms. The van der Waals surface area contributed by atoms with Gasteiger partial charge in [-0.05, 0) is 54.7 Å². The van der Waals surface area contributed by atoms with Crippen LogP contribution in [0.4, 0.5) is 5.82 Å². The van der Waals surface area contributed by atoms with E-state index in [0.717, 1.165) is 37.6 Å². The smallest absolute Gasteiger partial charge is 0.458 e. The minimum Gasteiger partial charge on any atom is -0.458 e. The van der Waals surface area contributed by atoms with Gasteiger partial charge in [0.1, 0.15) is 18.5 Å². The summed E-state index contributed by atoms with van der Waals surface area (Å²) in [5.41, 5.74) is 3.18. The fourth-order valence-corrected chi connectivity index (χ4v) is 4.46. The van der Waals surface area contributed by atoms with Crippen molar-refractivity contribution in [3.8, 4) is 0 Å². The maximum atomic E-state index is 13.0. The third kappa shape index (κ3) is 5.66. The fourth-order valence-electron chi connectivity index (χ4n) is 4.46. The van der Waals surface area contributed by atoms with Gasteiger partial charge in [0, 0.05) is 31.7 Å². The fraction of sp³-hybridized carbons (Fsp3) is 0.480. The first-order chi connectivity index (χ1) is 16.7. The molecule has 0 aliphatic carbocycles. The third-order valence-electron chi connectivity index (χ3n) is 6.68. The number of carbonyl (C=O) groups is 2. The third-order valence-corrected chi connectivity index (χ3v) is 6.68. The van der Waals surface area contributed by atoms with Gasteiger partial charge in [0.15, 0.2) is 0 Å². The lowest BCUT2D eigenvalue weighted by Gasteiger charge is -2.33. The summed E-state index contributed by atoms with van der Waals surface area (Å²) in [5.74, 6) is -0.212. The van der Waals surface area contributed by atoms with Crippen LogP contribution in [0.1, 0.15) is 41.0 Å². The first-order valence-corrected chi connectivity index (χ1v) is 12.0. The number of nitrogens with one attached hydrogen (secondary N) is 1. The van der Waals surface area contributed by atoms with Gasteiger partial charge in [-0.15, -0.1) is 0 Å². The quantitative estimate of drug-likeness (QED) is 0.444. The van der Waals surface area contributed by atoms with Gasteiger partial charge in [-0.2, -0.15) is 0 Å². The van der Waals surface area contributed by atoms with Gasteiger partial charge in [-0.1, -0.05) is 26.0 Å². The topological polar surface area (TPSA) is 104 Å². The maximum Gasteiger partial charge on any atom is 0.492 e. The molecule has 186 valence electrons. The highest BCUT2D eigenvalue weighted by atomic mass is 16.5. The number of aromatic nitrogens is 1. The van der Waals surface area contributed by atoms with Gasteiger partial charge in [0.2, 0.25) is 0 Å². The number of amides is 1. The molecule has 2 aliphatic rings. The van der Waals surface area contributed by atoms with Crippen LogP contribution in [0.3, 0.4) is 0 Å². The summed E-state index contributed by atoms with van der Waals surface area (Å²) in [6.45, 7) is 9.58. The van der Waals surface area contributed by atoms with E-state index >= 15 is 0 Å². The Labute approximate surface area is 206 Å². The van der Waals surface area contributed by atoms with Crippen molar-refractivity contribution < 1.29 is 24.0 Å². The molecule has 0 saturated carbocycles. The second-order valence-electron chi connectivity index (χ2n) is 9.55. The van der Waals surface area contributed by atoms with E-state index in [2.05, 4.69) is 27.1 Å². The van der Waals surface area contributed by atoms with E-state index in [4.69, 9.17) is 9.39 Å². The summed E-state index contributed by atoms with van der Waals surface area (Å²) in [6, 6.07) is 8.36. The zero-order chi connectivity index (χ0) is 25.1. The molecule has 3 heterocycles. The second kappa shape index (κ2) is 10.8. The number of anilines is 1. The molecule has 1 aromatic heterocycles. The van der Waals surface area contributed by atoms with Crippen LogP contribution < -0.4 is 15.7 Å². The molecule has 2 N–H and O–H groups in total. The van der Waals surface area contributed by atoms with Crippen molar-refractivity contribution in [3.05, 3.63) is 52.7 Å². The normalized spacial score (nSPS) is 16.9. The molecule has 9 nitrogen and oxygen atoms in total. The Morgan fingerprint density at radius 1 is 1.20 bits per heavy atom. The van der Waals surface area contributed by atoms with E-state index in [0.29, 0.717) is 28.9 Å². The van der Waals surface area contributed by atoms with Crippen molar-refractivity contribution in [2.45, 2.75) is 40.0 Å². The van der Waals surface area contributed by atoms with Crippen LogP contribution in [0, 0.1) is 12.8 Å². The zero-order valence-electron chi connectivity index (χ0n) is 20.8. The number of fused-ring (bicyclic) bond motifs is 1. The Morgan fingerprint density at radius 3 is 2.66 bits per heavy atom. The van der Waals surface area contributed by atoms with Crippen LogP contribution in [0.25, 0.3) is 0 Å². The highest BCUT2D eigenvalue weighted by Crippen LogP contribution is 2.18. The molecule has 1 fully saturated rings. The lowest BCUT2D eigenvalue weighted by molar-refractivity contribution is -0.148. The summed E-state index contributed by atoms with van der Waals surface area (Å²) in [4.78, 5) is 35.1. The van der Waals surface area contributed by atoms with Crippen molar-refractivity contribution >= 4 is 30.3 Å². The molecule has 2 aromatic rings. The number of likely N-dealkylation sites (N-methyl/N-ethyl adjacent to an activating group) is 1. The molecule has 1 atom stereocenters. The molecule has 1 saturated heterocycles. The summed E-state index contributed by atoms with van der Waals surface area (Å²) in [6.07, 6.45) is 0. The number of piperazine rings is 1. The first kappa shape index (κ1) is 25.2. The largest absolute Gasteiger partial charge is 0.492 e. The van der Waals surface area contributed by atoms with Gasteiger partial charge in [0.25, 0.3) is 5.91 Å². The van der Waals surface area contributed by atoms with E-state index in [1.165, 1.54) is 0 Å². The molecular weight excluding hydrogens is 447 g/mol. The number of pyridine rings is 1. The van der Waals surface area contributed by atoms with Crippen LogP contribution in [0.15, 0.2) is 30.3 Å². The van der Waals surface area contributed by atoms with Gasteiger partial charge in [-0.25, -0.2) is 9.78 Å². The number of ether oxygens (including phenoxy) is 1. The minimum absolute atomic E-state index is 0.0287. The van der Waals surface area contributed by atoms with E-state index in [-0.39, 0.29) is 12.5 Å². The second-order valence-corrected chi connectivity index (χ2v) is 9.55. The minimum atomic E-state index is -1.04. The molecule has 4 rings (SSSR count). The molecule has 0 radical (unpaired) electrons. The Morgan fingerprint density at radius 2 is 1.94 bits per heavy atom. The standard InChI is InChI=1S/C25H33BN4O5/c1-16(2)23(28-24(31)20-9-8-18-14-35-26(33)22(18)17(20)3)25(32)34-15-19-6-5-7-21(27-19)30-12-10-29(4)11-13-30/h5-9,16,23,33H,10-15H2,1-4H3,(H,28,31)/t23-/m0/s1. The molecule has 0 spiro atoms. The Bertz CT molecular complexity index is 1090. The van der Waals surface area contributed by atoms with Crippen LogP contribution >= 0.6 is 0 Å². The Balaban J connectivity index is 1.40. The lowest BCUT2D eigenvalue weighted by atomic mass is 9.75. The van der Waals surface area contributed by atoms with Crippen LogP contribution in [-0.2, 0) is 27.4 Å². The number of hydrogen-bond acceptors (Lipinski definition) is 8. The molecular formula is C25H33BN4O5. The summed E-state index contributed by atoms with van der Waals surface area (Å²) in [5, 5.41) is 12.9. The van der Waals surface area contributed by atoms with E-state index in [1.54, 1.807) is 19.1 Å². The Kier molecular flexibility index (Phi) is 7.74. The zero-order valence-corrected chi connectivity index (χ0v) is 20.8. The summed E-state index contributed by atoms with van der Waals surface area (Å²) in [7, 11) is 1.06. The van der Waals surface area contributed by atoms with Crippen LogP contribution in [0.5, 0.6) is 0 Å². The number of esters is 1. The van der Waals surface area contributed by atoms with E-state index in [9.17, 15) is 14.6 Å². The first-order valence-electron chi connectivity index (χ1n) is 12.0. The van der Waals surface area contributed by atoms with Crippen molar-refractivity contribution in [2.24, 2.45) is 5.92 Å². The molecule has 2 aliphatic heterocycles. The number of rotatable bonds is 7. The predicted octanol–water partition coefficient (Wildman–Crippen LogP) is 0.857. The predicted molar refractivity (Wildman–Crippen MR) is 133 cm³/mol. The SMILES string of the molecule is Cc1c(C(=O)N[C@H](C(=O)OCc2cccc(N3CCN(C)CC3)n2)C(C)C)ccc2c1B(O)OC2. The number of nitrogens with zero attached hydrogens (tertiary/aromatic N) is 3. The highest BCUT2D eigenvalue weighted by molar-refractivity contribution is 6.62. The molecule has 0 bridgehead atoms. The molecule has 1 amide bonds. The number of benzene rings is 1. The molecule has 0 unspecified atom stereocenters. The van der Waals surface area contributed by atoms with Crippen LogP contribution in [0.2, 0.25) is 0 Å². The van der Waals surface area contributed by atoms with Crippen molar-refractivity contribution in [3.63, 3.8) is 0 Å². The number of carbonyl (C=O) groups excluding carboxylic acids is 2. The number of hydrogen-bond donors (Lipinski definition) is 2. The van der Waals surface area contributed by atoms with Gasteiger partial charge in [-0.3, -0.25) is 4.79 Å². The summed E-state index contributed by atoms with van der Waals surface area (Å²) >= 11 is 0. The Hall–Kier alpha value is -2.95. The lowest BCUT2D eigenvalue weighted by Crippen LogP contribution is -2.46. The molecule has 35 heavy (non-hydrogen) atoms. The van der Waals surface area contributed by atoms with Crippen molar-refractivity contribution in [1.29, 1.82) is 0 Å². The van der Waals surface area contributed by atoms with Gasteiger partial charge in [0.05, 0.1) is 12.3 Å². The molecule has 1 aromatic carbocycles. The van der Waals surface area contributed by atoms with Crippen molar-refractivity contribution in [2.75, 3.05) is 38.1 Å². The summed E-state index contributed by atoms with van der Waals surface area (Å²) < 4.78 is 10.8. The van der Waals surface area contributed by atoms with Crippen molar-refractivity contribution in [1.82, 2.24) is 15.2 Å². The van der Waals surface area contributed by atoms with E-state index < -0.39 is 25.0 Å². The van der Waals surface area contributed by atoms with Crippen LogP contribution in [-0.4, -0.2) is 73.2 Å². The average molecular weight is 480 g/mol.